The van der Waals surface area contributed by atoms with E-state index in [1.807, 2.05) is 36.5 Å². The fourth-order valence-electron chi connectivity index (χ4n) is 4.47. The van der Waals surface area contributed by atoms with E-state index in [1.54, 1.807) is 38.0 Å². The Morgan fingerprint density at radius 2 is 1.71 bits per heavy atom. The number of carbonyl (C=O) groups is 2. The standard InChI is InChI=1S/C29H37N5O7/c1-37-20-28(36)33(12-11-32-13-15-41-16-14-32)19-27(35)31-29-30-24(21-5-8-23(38-2)9-6-21)18-34(29)22-7-10-25(39-3)26(17-22)40-4/h5-10,17-18H,11-16,19-20H2,1-4H3,(H,30,31,35). The maximum Gasteiger partial charge on any atom is 0.249 e. The molecule has 1 aliphatic rings. The van der Waals surface area contributed by atoms with E-state index >= 15 is 0 Å². The number of hydrogen-bond acceptors (Lipinski definition) is 9. The maximum atomic E-state index is 13.3. The predicted octanol–water partition coefficient (Wildman–Crippen LogP) is 2.31. The first-order chi connectivity index (χ1) is 19.9. The Morgan fingerprint density at radius 1 is 0.976 bits per heavy atom. The van der Waals surface area contributed by atoms with E-state index in [0.717, 1.165) is 24.4 Å². The Bertz CT molecular complexity index is 1310. The van der Waals surface area contributed by atoms with Crippen LogP contribution < -0.4 is 19.5 Å². The number of ether oxygens (including phenoxy) is 5. The molecule has 0 unspecified atom stereocenters. The summed E-state index contributed by atoms with van der Waals surface area (Å²) >= 11 is 0. The molecule has 12 heteroatoms. The van der Waals surface area contributed by atoms with Gasteiger partial charge in [-0.15, -0.1) is 0 Å². The lowest BCUT2D eigenvalue weighted by Crippen LogP contribution is -2.46. The van der Waals surface area contributed by atoms with E-state index in [-0.39, 0.29) is 25.0 Å². The molecule has 0 aliphatic carbocycles. The number of methoxy groups -OCH3 is 4. The van der Waals surface area contributed by atoms with Gasteiger partial charge in [0.25, 0.3) is 0 Å². The van der Waals surface area contributed by atoms with Crippen molar-refractivity contribution in [3.05, 3.63) is 48.7 Å². The summed E-state index contributed by atoms with van der Waals surface area (Å²) in [6.45, 7) is 3.64. The average Bonchev–Trinajstić information content (AvgIpc) is 3.42. The number of nitrogens with one attached hydrogen (secondary N) is 1. The van der Waals surface area contributed by atoms with Crippen molar-refractivity contribution in [2.24, 2.45) is 0 Å². The summed E-state index contributed by atoms with van der Waals surface area (Å²) < 4.78 is 28.4. The Hall–Kier alpha value is -4.13. The van der Waals surface area contributed by atoms with Gasteiger partial charge in [-0.25, -0.2) is 4.98 Å². The molecule has 220 valence electrons. The van der Waals surface area contributed by atoms with Gasteiger partial charge in [-0.2, -0.15) is 0 Å². The summed E-state index contributed by atoms with van der Waals surface area (Å²) in [5, 5.41) is 2.90. The quantitative estimate of drug-likeness (QED) is 0.332. The van der Waals surface area contributed by atoms with Crippen molar-refractivity contribution in [1.82, 2.24) is 19.4 Å². The van der Waals surface area contributed by atoms with Gasteiger partial charge in [-0.1, -0.05) is 0 Å². The van der Waals surface area contributed by atoms with Crippen LogP contribution in [0.4, 0.5) is 5.95 Å². The number of carbonyl (C=O) groups excluding carboxylic acids is 2. The van der Waals surface area contributed by atoms with Crippen molar-refractivity contribution >= 4 is 17.8 Å². The number of nitrogens with zero attached hydrogens (tertiary/aromatic N) is 4. The van der Waals surface area contributed by atoms with Gasteiger partial charge < -0.3 is 28.6 Å². The molecule has 0 saturated carbocycles. The van der Waals surface area contributed by atoms with Crippen molar-refractivity contribution in [2.75, 3.05) is 86.3 Å². The lowest BCUT2D eigenvalue weighted by atomic mass is 10.1. The van der Waals surface area contributed by atoms with Crippen LogP contribution in [0.5, 0.6) is 17.2 Å². The lowest BCUT2D eigenvalue weighted by Gasteiger charge is -2.29. The summed E-state index contributed by atoms with van der Waals surface area (Å²) in [7, 11) is 6.19. The molecular formula is C29H37N5O7. The third-order valence-electron chi connectivity index (χ3n) is 6.73. The number of rotatable bonds is 13. The minimum absolute atomic E-state index is 0.113. The number of benzene rings is 2. The molecule has 1 aliphatic heterocycles. The third-order valence-corrected chi connectivity index (χ3v) is 6.73. The number of aromatic nitrogens is 2. The van der Waals surface area contributed by atoms with Gasteiger partial charge in [-0.05, 0) is 36.4 Å². The van der Waals surface area contributed by atoms with Crippen LogP contribution in [-0.2, 0) is 19.1 Å². The Labute approximate surface area is 239 Å². The largest absolute Gasteiger partial charge is 0.497 e. The molecule has 1 N–H and O–H groups in total. The maximum absolute atomic E-state index is 13.3. The van der Waals surface area contributed by atoms with E-state index in [9.17, 15) is 9.59 Å². The zero-order chi connectivity index (χ0) is 29.2. The minimum Gasteiger partial charge on any atom is -0.497 e. The topological polar surface area (TPSA) is 117 Å². The molecule has 2 aromatic carbocycles. The van der Waals surface area contributed by atoms with E-state index in [0.29, 0.717) is 55.1 Å². The SMILES string of the molecule is COCC(=O)N(CCN1CCOCC1)CC(=O)Nc1nc(-c2ccc(OC)cc2)cn1-c1ccc(OC)c(OC)c1. The second-order valence-corrected chi connectivity index (χ2v) is 9.34. The summed E-state index contributed by atoms with van der Waals surface area (Å²) in [4.78, 5) is 34.5. The second-order valence-electron chi connectivity index (χ2n) is 9.34. The monoisotopic (exact) mass is 567 g/mol. The van der Waals surface area contributed by atoms with Gasteiger partial charge >= 0.3 is 0 Å². The smallest absolute Gasteiger partial charge is 0.249 e. The molecule has 12 nitrogen and oxygen atoms in total. The fourth-order valence-corrected chi connectivity index (χ4v) is 4.47. The van der Waals surface area contributed by atoms with Crippen molar-refractivity contribution in [2.45, 2.75) is 0 Å². The molecule has 0 bridgehead atoms. The number of imidazole rings is 1. The summed E-state index contributed by atoms with van der Waals surface area (Å²) in [5.41, 5.74) is 2.17. The fraction of sp³-hybridized carbons (Fsp3) is 0.414. The molecule has 2 heterocycles. The van der Waals surface area contributed by atoms with Gasteiger partial charge in [0.1, 0.15) is 18.9 Å². The van der Waals surface area contributed by atoms with Gasteiger partial charge in [0.05, 0.1) is 45.9 Å². The van der Waals surface area contributed by atoms with Crippen LogP contribution in [0, 0.1) is 0 Å². The van der Waals surface area contributed by atoms with Crippen LogP contribution in [-0.4, -0.2) is 112 Å². The van der Waals surface area contributed by atoms with E-state index in [4.69, 9.17) is 28.7 Å². The Balaban J connectivity index is 1.59. The molecule has 1 fully saturated rings. The molecule has 1 saturated heterocycles. The van der Waals surface area contributed by atoms with Crippen LogP contribution in [0.25, 0.3) is 16.9 Å². The molecule has 4 rings (SSSR count). The van der Waals surface area contributed by atoms with Crippen LogP contribution in [0.3, 0.4) is 0 Å². The number of hydrogen-bond donors (Lipinski definition) is 1. The summed E-state index contributed by atoms with van der Waals surface area (Å²) in [5.74, 6) is 1.47. The minimum atomic E-state index is -0.384. The molecule has 0 spiro atoms. The van der Waals surface area contributed by atoms with E-state index in [2.05, 4.69) is 10.2 Å². The number of morpholine rings is 1. The van der Waals surface area contributed by atoms with E-state index < -0.39 is 0 Å². The molecule has 0 atom stereocenters. The highest BCUT2D eigenvalue weighted by Gasteiger charge is 2.22. The first-order valence-electron chi connectivity index (χ1n) is 13.3. The van der Waals surface area contributed by atoms with E-state index in [1.165, 1.54) is 12.0 Å². The lowest BCUT2D eigenvalue weighted by molar-refractivity contribution is -0.138. The van der Waals surface area contributed by atoms with Crippen molar-refractivity contribution < 1.29 is 33.3 Å². The van der Waals surface area contributed by atoms with Gasteiger partial charge in [-0.3, -0.25) is 24.4 Å². The molecule has 41 heavy (non-hydrogen) atoms. The Kier molecular flexibility index (Phi) is 10.5. The first kappa shape index (κ1) is 29.8. The highest BCUT2D eigenvalue weighted by atomic mass is 16.5. The highest BCUT2D eigenvalue weighted by Crippen LogP contribution is 2.32. The van der Waals surface area contributed by atoms with Crippen molar-refractivity contribution in [1.29, 1.82) is 0 Å². The summed E-state index contributed by atoms with van der Waals surface area (Å²) in [6, 6.07) is 12.9. The average molecular weight is 568 g/mol. The highest BCUT2D eigenvalue weighted by molar-refractivity contribution is 5.94. The molecule has 1 aromatic heterocycles. The normalized spacial score (nSPS) is 13.5. The van der Waals surface area contributed by atoms with Crippen molar-refractivity contribution in [3.8, 4) is 34.2 Å². The molecule has 0 radical (unpaired) electrons. The zero-order valence-corrected chi connectivity index (χ0v) is 23.9. The molecule has 3 aromatic rings. The van der Waals surface area contributed by atoms with Crippen LogP contribution in [0.15, 0.2) is 48.7 Å². The van der Waals surface area contributed by atoms with Gasteiger partial charge in [0, 0.05) is 51.1 Å². The van der Waals surface area contributed by atoms with Crippen LogP contribution >= 0.6 is 0 Å². The van der Waals surface area contributed by atoms with Crippen LogP contribution in [0.2, 0.25) is 0 Å². The number of anilines is 1. The molecular weight excluding hydrogens is 530 g/mol. The second kappa shape index (κ2) is 14.5. The van der Waals surface area contributed by atoms with Gasteiger partial charge in [0.2, 0.25) is 17.8 Å². The van der Waals surface area contributed by atoms with Gasteiger partial charge in [0.15, 0.2) is 11.5 Å². The molecule has 2 amide bonds. The van der Waals surface area contributed by atoms with Crippen molar-refractivity contribution in [3.63, 3.8) is 0 Å². The summed E-state index contributed by atoms with van der Waals surface area (Å²) in [6.07, 6.45) is 1.82. The number of amides is 2. The predicted molar refractivity (Wildman–Crippen MR) is 153 cm³/mol. The Morgan fingerprint density at radius 3 is 2.37 bits per heavy atom. The van der Waals surface area contributed by atoms with Crippen LogP contribution in [0.1, 0.15) is 0 Å². The first-order valence-corrected chi connectivity index (χ1v) is 13.3. The zero-order valence-electron chi connectivity index (χ0n) is 23.9. The third kappa shape index (κ3) is 7.75.